The Bertz CT molecular complexity index is 944. The molecular weight excluding hydrogens is 398 g/mol. The van der Waals surface area contributed by atoms with Crippen molar-refractivity contribution in [3.63, 3.8) is 0 Å². The molecule has 0 saturated carbocycles. The zero-order valence-corrected chi connectivity index (χ0v) is 15.8. The van der Waals surface area contributed by atoms with E-state index in [1.807, 2.05) is 0 Å². The highest BCUT2D eigenvalue weighted by Gasteiger charge is 2.32. The molecule has 5 nitrogen and oxygen atoms in total. The van der Waals surface area contributed by atoms with Gasteiger partial charge in [-0.05, 0) is 29.8 Å². The van der Waals surface area contributed by atoms with E-state index in [1.165, 1.54) is 0 Å². The summed E-state index contributed by atoms with van der Waals surface area (Å²) in [7, 11) is -4.08. The van der Waals surface area contributed by atoms with Gasteiger partial charge in [-0.3, -0.25) is 4.79 Å². The van der Waals surface area contributed by atoms with Gasteiger partial charge in [0.2, 0.25) is 15.9 Å². The van der Waals surface area contributed by atoms with Crippen LogP contribution in [0.25, 0.3) is 0 Å². The lowest BCUT2D eigenvalue weighted by molar-refractivity contribution is -0.131. The van der Waals surface area contributed by atoms with Crippen LogP contribution in [0.3, 0.4) is 0 Å². The van der Waals surface area contributed by atoms with Gasteiger partial charge in [0.25, 0.3) is 0 Å². The standard InChI is InChI=1S/C18H17ClF2N2O3S/c19-14-3-1-13(2-4-14)11-18(24)22-7-9-23(10-8-22)27(25,26)17-6-5-15(20)12-16(17)21/h1-6,12H,7-11H2. The van der Waals surface area contributed by atoms with E-state index in [4.69, 9.17) is 11.6 Å². The first-order chi connectivity index (χ1) is 12.8. The Hall–Kier alpha value is -2.03. The molecular formula is C18H17ClF2N2O3S. The van der Waals surface area contributed by atoms with E-state index in [9.17, 15) is 22.0 Å². The maximum atomic E-state index is 13.9. The average Bonchev–Trinajstić information content (AvgIpc) is 2.63. The summed E-state index contributed by atoms with van der Waals surface area (Å²) in [6, 6.07) is 9.28. The molecule has 0 bridgehead atoms. The van der Waals surface area contributed by atoms with Crippen molar-refractivity contribution in [2.75, 3.05) is 26.2 Å². The number of halogens is 3. The number of hydrogen-bond donors (Lipinski definition) is 0. The lowest BCUT2D eigenvalue weighted by Crippen LogP contribution is -2.51. The first kappa shape index (κ1) is 19.7. The summed E-state index contributed by atoms with van der Waals surface area (Å²) in [5.74, 6) is -2.09. The molecule has 27 heavy (non-hydrogen) atoms. The van der Waals surface area contributed by atoms with Gasteiger partial charge in [0.05, 0.1) is 6.42 Å². The molecule has 0 atom stereocenters. The van der Waals surface area contributed by atoms with E-state index in [0.29, 0.717) is 11.1 Å². The predicted molar refractivity (Wildman–Crippen MR) is 96.9 cm³/mol. The maximum Gasteiger partial charge on any atom is 0.246 e. The van der Waals surface area contributed by atoms with Crippen molar-refractivity contribution in [2.24, 2.45) is 0 Å². The fourth-order valence-corrected chi connectivity index (χ4v) is 4.48. The average molecular weight is 415 g/mol. The summed E-state index contributed by atoms with van der Waals surface area (Å²) >= 11 is 5.82. The summed E-state index contributed by atoms with van der Waals surface area (Å²) in [5.41, 5.74) is 0.813. The smallest absolute Gasteiger partial charge is 0.246 e. The number of amides is 1. The molecule has 3 rings (SSSR count). The number of hydrogen-bond acceptors (Lipinski definition) is 3. The van der Waals surface area contributed by atoms with Crippen LogP contribution >= 0.6 is 11.6 Å². The van der Waals surface area contributed by atoms with Crippen LogP contribution in [0.4, 0.5) is 8.78 Å². The third kappa shape index (κ3) is 4.45. The topological polar surface area (TPSA) is 57.7 Å². The van der Waals surface area contributed by atoms with Gasteiger partial charge < -0.3 is 4.90 Å². The molecule has 1 heterocycles. The van der Waals surface area contributed by atoms with Gasteiger partial charge in [0.1, 0.15) is 16.5 Å². The van der Waals surface area contributed by atoms with Crippen LogP contribution in [0.15, 0.2) is 47.4 Å². The number of sulfonamides is 1. The second kappa shape index (κ2) is 7.92. The van der Waals surface area contributed by atoms with Gasteiger partial charge in [-0.1, -0.05) is 23.7 Å². The number of nitrogens with zero attached hydrogens (tertiary/aromatic N) is 2. The second-order valence-electron chi connectivity index (χ2n) is 6.16. The first-order valence-corrected chi connectivity index (χ1v) is 10.1. The second-order valence-corrected chi connectivity index (χ2v) is 8.51. The molecule has 0 aromatic heterocycles. The zero-order valence-electron chi connectivity index (χ0n) is 14.2. The predicted octanol–water partition coefficient (Wildman–Crippen LogP) is 2.69. The van der Waals surface area contributed by atoms with Crippen molar-refractivity contribution in [2.45, 2.75) is 11.3 Å². The van der Waals surface area contributed by atoms with Crippen molar-refractivity contribution in [1.29, 1.82) is 0 Å². The normalized spacial score (nSPS) is 15.7. The first-order valence-electron chi connectivity index (χ1n) is 8.25. The van der Waals surface area contributed by atoms with Crippen molar-refractivity contribution in [3.05, 3.63) is 64.7 Å². The van der Waals surface area contributed by atoms with E-state index in [2.05, 4.69) is 0 Å². The fraction of sp³-hybridized carbons (Fsp3) is 0.278. The molecule has 1 saturated heterocycles. The van der Waals surface area contributed by atoms with E-state index >= 15 is 0 Å². The number of rotatable bonds is 4. The van der Waals surface area contributed by atoms with Crippen molar-refractivity contribution >= 4 is 27.5 Å². The van der Waals surface area contributed by atoms with Gasteiger partial charge in [-0.25, -0.2) is 17.2 Å². The quantitative estimate of drug-likeness (QED) is 0.773. The van der Waals surface area contributed by atoms with Gasteiger partial charge in [0, 0.05) is 37.3 Å². The minimum Gasteiger partial charge on any atom is -0.340 e. The highest BCUT2D eigenvalue weighted by molar-refractivity contribution is 7.89. The monoisotopic (exact) mass is 414 g/mol. The van der Waals surface area contributed by atoms with Crippen LogP contribution in [0, 0.1) is 11.6 Å². The molecule has 0 unspecified atom stereocenters. The highest BCUT2D eigenvalue weighted by Crippen LogP contribution is 2.21. The van der Waals surface area contributed by atoms with Gasteiger partial charge in [0.15, 0.2) is 0 Å². The van der Waals surface area contributed by atoms with Crippen LogP contribution in [0.2, 0.25) is 5.02 Å². The molecule has 0 spiro atoms. The van der Waals surface area contributed by atoms with Crippen LogP contribution in [0.1, 0.15) is 5.56 Å². The zero-order chi connectivity index (χ0) is 19.6. The summed E-state index contributed by atoms with van der Waals surface area (Å²) in [6.07, 6.45) is 0.191. The Kier molecular flexibility index (Phi) is 5.78. The molecule has 1 fully saturated rings. The molecule has 1 aliphatic rings. The molecule has 1 aliphatic heterocycles. The van der Waals surface area contributed by atoms with Crippen LogP contribution in [-0.2, 0) is 21.2 Å². The van der Waals surface area contributed by atoms with Crippen molar-refractivity contribution in [3.8, 4) is 0 Å². The van der Waals surface area contributed by atoms with E-state index in [0.717, 1.165) is 22.0 Å². The number of carbonyl (C=O) groups is 1. The Morgan fingerprint density at radius 2 is 1.63 bits per heavy atom. The Balaban J connectivity index is 1.64. The molecule has 144 valence electrons. The molecule has 1 amide bonds. The van der Waals surface area contributed by atoms with Crippen LogP contribution < -0.4 is 0 Å². The van der Waals surface area contributed by atoms with E-state index in [1.54, 1.807) is 29.2 Å². The Morgan fingerprint density at radius 1 is 1.00 bits per heavy atom. The minimum atomic E-state index is -4.08. The van der Waals surface area contributed by atoms with Gasteiger partial charge in [-0.2, -0.15) is 4.31 Å². The number of piperazine rings is 1. The highest BCUT2D eigenvalue weighted by atomic mass is 35.5. The third-order valence-corrected chi connectivity index (χ3v) is 6.56. The molecule has 0 N–H and O–H groups in total. The van der Waals surface area contributed by atoms with Gasteiger partial charge in [-0.15, -0.1) is 0 Å². The molecule has 0 aliphatic carbocycles. The molecule has 2 aromatic carbocycles. The largest absolute Gasteiger partial charge is 0.340 e. The summed E-state index contributed by atoms with van der Waals surface area (Å²) in [4.78, 5) is 13.4. The molecule has 2 aromatic rings. The van der Waals surface area contributed by atoms with Crippen molar-refractivity contribution in [1.82, 2.24) is 9.21 Å². The lowest BCUT2D eigenvalue weighted by Gasteiger charge is -2.34. The van der Waals surface area contributed by atoms with Crippen LogP contribution in [-0.4, -0.2) is 49.7 Å². The SMILES string of the molecule is O=C(Cc1ccc(Cl)cc1)N1CCN(S(=O)(=O)c2ccc(F)cc2F)CC1. The lowest BCUT2D eigenvalue weighted by atomic mass is 10.1. The Labute approximate surface area is 161 Å². The minimum absolute atomic E-state index is 0.0471. The Morgan fingerprint density at radius 3 is 2.22 bits per heavy atom. The summed E-state index contributed by atoms with van der Waals surface area (Å²) in [6.45, 7) is 0.500. The molecule has 0 radical (unpaired) electrons. The van der Waals surface area contributed by atoms with Crippen molar-refractivity contribution < 1.29 is 22.0 Å². The summed E-state index contributed by atoms with van der Waals surface area (Å²) in [5, 5.41) is 0.582. The molecule has 9 heteroatoms. The fourth-order valence-electron chi connectivity index (χ4n) is 2.89. The van der Waals surface area contributed by atoms with E-state index < -0.39 is 26.6 Å². The summed E-state index contributed by atoms with van der Waals surface area (Å²) < 4.78 is 53.1. The number of benzene rings is 2. The van der Waals surface area contributed by atoms with Gasteiger partial charge >= 0.3 is 0 Å². The maximum absolute atomic E-state index is 13.9. The third-order valence-electron chi connectivity index (χ3n) is 4.37. The number of carbonyl (C=O) groups excluding carboxylic acids is 1. The van der Waals surface area contributed by atoms with Crippen LogP contribution in [0.5, 0.6) is 0 Å². The van der Waals surface area contributed by atoms with E-state index in [-0.39, 0.29) is 38.5 Å².